The molecule has 2 heterocycles. The third kappa shape index (κ3) is 4.00. The second-order valence-corrected chi connectivity index (χ2v) is 10.5. The molecule has 0 aliphatic rings. The molecule has 0 spiro atoms. The first kappa shape index (κ1) is 22.9. The fourth-order valence-corrected chi connectivity index (χ4v) is 5.80. The molecule has 0 fully saturated rings. The average molecular weight is 487 g/mol. The maximum absolute atomic E-state index is 13.9. The molecule has 8 heteroatoms. The Bertz CT molecular complexity index is 1670. The Hall–Kier alpha value is -3.91. The quantitative estimate of drug-likeness (QED) is 0.368. The fourth-order valence-electron chi connectivity index (χ4n) is 4.21. The lowest BCUT2D eigenvalue weighted by Gasteiger charge is -2.10. The zero-order chi connectivity index (χ0) is 24.7. The number of sulfone groups is 1. The van der Waals surface area contributed by atoms with E-state index in [1.165, 1.54) is 0 Å². The highest BCUT2D eigenvalue weighted by Gasteiger charge is 2.30. The van der Waals surface area contributed by atoms with Crippen LogP contribution in [0.3, 0.4) is 0 Å². The highest BCUT2D eigenvalue weighted by atomic mass is 32.2. The van der Waals surface area contributed by atoms with E-state index in [-0.39, 0.29) is 21.1 Å². The van der Waals surface area contributed by atoms with Crippen LogP contribution in [0.2, 0.25) is 0 Å². The molecule has 0 aliphatic carbocycles. The fraction of sp³-hybridized carbons (Fsp3) is 0.185. The molecule has 2 aromatic heterocycles. The van der Waals surface area contributed by atoms with Gasteiger partial charge >= 0.3 is 0 Å². The van der Waals surface area contributed by atoms with Gasteiger partial charge in [-0.15, -0.1) is 0 Å². The molecule has 3 aromatic carbocycles. The van der Waals surface area contributed by atoms with E-state index in [0.717, 1.165) is 22.4 Å². The Morgan fingerprint density at radius 1 is 0.914 bits per heavy atom. The predicted octanol–water partition coefficient (Wildman–Crippen LogP) is 4.87. The lowest BCUT2D eigenvalue weighted by Crippen LogP contribution is -2.09. The summed E-state index contributed by atoms with van der Waals surface area (Å²) in [6, 6.07) is 20.3. The first-order valence-corrected chi connectivity index (χ1v) is 12.8. The van der Waals surface area contributed by atoms with Crippen molar-refractivity contribution < 1.29 is 13.2 Å². The van der Waals surface area contributed by atoms with Gasteiger partial charge in [-0.2, -0.15) is 0 Å². The van der Waals surface area contributed by atoms with E-state index in [4.69, 9.17) is 20.4 Å². The van der Waals surface area contributed by atoms with Crippen molar-refractivity contribution in [2.45, 2.75) is 36.6 Å². The Labute approximate surface area is 204 Å². The van der Waals surface area contributed by atoms with E-state index in [9.17, 15) is 8.42 Å². The number of anilines is 1. The van der Waals surface area contributed by atoms with Crippen molar-refractivity contribution in [3.8, 4) is 5.75 Å². The van der Waals surface area contributed by atoms with Crippen LogP contribution in [0.5, 0.6) is 5.75 Å². The van der Waals surface area contributed by atoms with E-state index in [0.29, 0.717) is 29.6 Å². The number of aryl methyl sites for hydroxylation is 4. The van der Waals surface area contributed by atoms with Gasteiger partial charge < -0.3 is 15.0 Å². The van der Waals surface area contributed by atoms with Gasteiger partial charge in [0.25, 0.3) is 0 Å². The number of hydrogen-bond acceptors (Lipinski definition) is 6. The lowest BCUT2D eigenvalue weighted by molar-refractivity contribution is 0.414. The molecule has 5 rings (SSSR count). The molecule has 0 amide bonds. The number of ether oxygens (including phenoxy) is 1. The van der Waals surface area contributed by atoms with Crippen LogP contribution >= 0.6 is 0 Å². The van der Waals surface area contributed by atoms with E-state index < -0.39 is 9.84 Å². The van der Waals surface area contributed by atoms with Crippen molar-refractivity contribution in [2.75, 3.05) is 12.8 Å². The van der Waals surface area contributed by atoms with Gasteiger partial charge in [0.2, 0.25) is 9.84 Å². The molecule has 7 nitrogen and oxygen atoms in total. The molecule has 0 atom stereocenters. The predicted molar refractivity (Wildman–Crippen MR) is 138 cm³/mol. The van der Waals surface area contributed by atoms with Gasteiger partial charge in [-0.05, 0) is 73.4 Å². The number of fused-ring (bicyclic) bond motifs is 2. The molecule has 0 saturated heterocycles. The summed E-state index contributed by atoms with van der Waals surface area (Å²) < 4.78 is 34.7. The van der Waals surface area contributed by atoms with E-state index in [2.05, 4.69) is 0 Å². The molecule has 0 bridgehead atoms. The third-order valence-corrected chi connectivity index (χ3v) is 8.20. The highest BCUT2D eigenvalue weighted by Crippen LogP contribution is 2.36. The summed E-state index contributed by atoms with van der Waals surface area (Å²) in [6.45, 7) is 4.29. The van der Waals surface area contributed by atoms with Crippen LogP contribution in [0.1, 0.15) is 16.7 Å². The van der Waals surface area contributed by atoms with Crippen molar-refractivity contribution >= 4 is 37.9 Å². The average Bonchev–Trinajstić information content (AvgIpc) is 3.13. The summed E-state index contributed by atoms with van der Waals surface area (Å²) in [7, 11) is -2.31. The second kappa shape index (κ2) is 8.70. The molecule has 0 radical (unpaired) electrons. The van der Waals surface area contributed by atoms with Crippen LogP contribution < -0.4 is 10.5 Å². The smallest absolute Gasteiger partial charge is 0.212 e. The standard InChI is InChI=1S/C27H26N4O3S/c1-17-8-13-21(16-18(17)2)35(32,33)25-24-27(30-23-7-5-4-6-22(23)29-24)31(26(25)28)15-14-19-9-11-20(34-3)12-10-19/h4-13,16H,14-15,28H2,1-3H3. The number of nitrogens with two attached hydrogens (primary N) is 1. The van der Waals surface area contributed by atoms with Crippen LogP contribution in [0, 0.1) is 13.8 Å². The van der Waals surface area contributed by atoms with Gasteiger partial charge in [-0.1, -0.05) is 30.3 Å². The van der Waals surface area contributed by atoms with Gasteiger partial charge in [0.1, 0.15) is 22.0 Å². The SMILES string of the molecule is COc1ccc(CCn2c(N)c(S(=O)(=O)c3ccc(C)c(C)c3)c3nc4ccccc4nc32)cc1. The van der Waals surface area contributed by atoms with Crippen molar-refractivity contribution in [1.29, 1.82) is 0 Å². The summed E-state index contributed by atoms with van der Waals surface area (Å²) >= 11 is 0. The number of nitrogen functional groups attached to an aromatic ring is 1. The summed E-state index contributed by atoms with van der Waals surface area (Å²) in [5.41, 5.74) is 11.6. The van der Waals surface area contributed by atoms with Gasteiger partial charge in [-0.3, -0.25) is 0 Å². The maximum Gasteiger partial charge on any atom is 0.212 e. The van der Waals surface area contributed by atoms with Crippen molar-refractivity contribution in [3.05, 3.63) is 83.4 Å². The zero-order valence-corrected chi connectivity index (χ0v) is 20.6. The van der Waals surface area contributed by atoms with Crippen molar-refractivity contribution in [1.82, 2.24) is 14.5 Å². The molecular weight excluding hydrogens is 460 g/mol. The number of methoxy groups -OCH3 is 1. The summed E-state index contributed by atoms with van der Waals surface area (Å²) in [6.07, 6.45) is 0.635. The molecule has 2 N–H and O–H groups in total. The topological polar surface area (TPSA) is 100 Å². The normalized spacial score (nSPS) is 11.9. The molecule has 35 heavy (non-hydrogen) atoms. The second-order valence-electron chi connectivity index (χ2n) is 8.60. The summed E-state index contributed by atoms with van der Waals surface area (Å²) in [5.74, 6) is 0.917. The Kier molecular flexibility index (Phi) is 5.68. The first-order valence-electron chi connectivity index (χ1n) is 11.3. The highest BCUT2D eigenvalue weighted by molar-refractivity contribution is 7.92. The zero-order valence-electron chi connectivity index (χ0n) is 19.8. The van der Waals surface area contributed by atoms with Crippen LogP contribution in [0.4, 0.5) is 5.82 Å². The first-order chi connectivity index (χ1) is 16.8. The molecule has 0 aliphatic heterocycles. The minimum atomic E-state index is -3.94. The Balaban J connectivity index is 1.68. The summed E-state index contributed by atoms with van der Waals surface area (Å²) in [4.78, 5) is 9.68. The minimum Gasteiger partial charge on any atom is -0.497 e. The number of benzene rings is 3. The third-order valence-electron chi connectivity index (χ3n) is 6.39. The lowest BCUT2D eigenvalue weighted by atomic mass is 10.1. The van der Waals surface area contributed by atoms with Crippen LogP contribution in [-0.2, 0) is 22.8 Å². The molecule has 5 aromatic rings. The number of hydrogen-bond donors (Lipinski definition) is 1. The van der Waals surface area contributed by atoms with Crippen LogP contribution in [-0.4, -0.2) is 30.1 Å². The minimum absolute atomic E-state index is 0.00346. The number of rotatable bonds is 6. The van der Waals surface area contributed by atoms with E-state index >= 15 is 0 Å². The molecule has 0 unspecified atom stereocenters. The monoisotopic (exact) mass is 486 g/mol. The molecule has 0 saturated carbocycles. The van der Waals surface area contributed by atoms with Crippen LogP contribution in [0.25, 0.3) is 22.2 Å². The van der Waals surface area contributed by atoms with Crippen molar-refractivity contribution in [2.24, 2.45) is 0 Å². The van der Waals surface area contributed by atoms with Gasteiger partial charge in [0.05, 0.1) is 23.0 Å². The van der Waals surface area contributed by atoms with E-state index in [1.54, 1.807) is 23.8 Å². The van der Waals surface area contributed by atoms with Gasteiger partial charge in [0, 0.05) is 6.54 Å². The van der Waals surface area contributed by atoms with Gasteiger partial charge in [-0.25, -0.2) is 18.4 Å². The molecule has 178 valence electrons. The molecular formula is C27H26N4O3S. The van der Waals surface area contributed by atoms with Crippen molar-refractivity contribution in [3.63, 3.8) is 0 Å². The number of para-hydroxylation sites is 2. The Morgan fingerprint density at radius 3 is 2.26 bits per heavy atom. The van der Waals surface area contributed by atoms with Crippen LogP contribution in [0.15, 0.2) is 76.5 Å². The Morgan fingerprint density at radius 2 is 1.60 bits per heavy atom. The maximum atomic E-state index is 13.9. The number of nitrogens with zero attached hydrogens (tertiary/aromatic N) is 3. The largest absolute Gasteiger partial charge is 0.497 e. The van der Waals surface area contributed by atoms with Gasteiger partial charge in [0.15, 0.2) is 5.65 Å². The summed E-state index contributed by atoms with van der Waals surface area (Å²) in [5, 5.41) is 0. The van der Waals surface area contributed by atoms with E-state index in [1.807, 2.05) is 68.4 Å². The number of aromatic nitrogens is 3.